The van der Waals surface area contributed by atoms with E-state index in [0.717, 1.165) is 4.52 Å². The number of hydrogen-bond acceptors (Lipinski definition) is 4. The molecule has 0 unspecified atom stereocenters. The summed E-state index contributed by atoms with van der Waals surface area (Å²) in [4.78, 5) is 19.5. The van der Waals surface area contributed by atoms with Gasteiger partial charge in [0.05, 0.1) is 5.69 Å². The van der Waals surface area contributed by atoms with Gasteiger partial charge in [-0.15, -0.1) is 5.10 Å². The standard InChI is InChI=1S/C17H15F4N5O/c1-9-11(7-8-14(27)23-13-6-4-3-5-12(13)18)10(2)26-16(22-9)24-15(25-26)17(19,20)21/h3-6H,7-8H2,1-2H3,(H,23,27). The molecule has 0 saturated carbocycles. The van der Waals surface area contributed by atoms with E-state index in [-0.39, 0.29) is 24.3 Å². The first-order valence-corrected chi connectivity index (χ1v) is 8.01. The van der Waals surface area contributed by atoms with E-state index in [1.165, 1.54) is 18.2 Å². The third-order valence-electron chi connectivity index (χ3n) is 4.05. The average Bonchev–Trinajstić information content (AvgIpc) is 3.01. The molecule has 1 aromatic carbocycles. The Balaban J connectivity index is 1.80. The number of fused-ring (bicyclic) bond motifs is 1. The van der Waals surface area contributed by atoms with Crippen molar-refractivity contribution in [2.45, 2.75) is 32.9 Å². The van der Waals surface area contributed by atoms with E-state index in [1.54, 1.807) is 19.9 Å². The van der Waals surface area contributed by atoms with E-state index in [0.29, 0.717) is 17.0 Å². The maximum atomic E-state index is 13.6. The number of aromatic nitrogens is 4. The van der Waals surface area contributed by atoms with Gasteiger partial charge in [-0.3, -0.25) is 4.79 Å². The van der Waals surface area contributed by atoms with Crippen molar-refractivity contribution in [3.05, 3.63) is 52.9 Å². The molecule has 1 N–H and O–H groups in total. The molecular formula is C17H15F4N5O. The number of amides is 1. The second kappa shape index (κ2) is 6.93. The van der Waals surface area contributed by atoms with Crippen LogP contribution >= 0.6 is 0 Å². The molecule has 27 heavy (non-hydrogen) atoms. The molecule has 3 aromatic rings. The Bertz CT molecular complexity index is 1010. The normalized spacial score (nSPS) is 11.8. The average molecular weight is 381 g/mol. The van der Waals surface area contributed by atoms with Gasteiger partial charge in [-0.25, -0.2) is 13.9 Å². The van der Waals surface area contributed by atoms with Crippen molar-refractivity contribution < 1.29 is 22.4 Å². The van der Waals surface area contributed by atoms with Crippen LogP contribution in [-0.4, -0.2) is 25.5 Å². The number of para-hydroxylation sites is 1. The van der Waals surface area contributed by atoms with Crippen molar-refractivity contribution in [2.24, 2.45) is 0 Å². The Kier molecular flexibility index (Phi) is 4.81. The number of nitrogens with one attached hydrogen (secondary N) is 1. The number of rotatable bonds is 4. The quantitative estimate of drug-likeness (QED) is 0.703. The number of hydrogen-bond donors (Lipinski definition) is 1. The van der Waals surface area contributed by atoms with Gasteiger partial charge in [-0.1, -0.05) is 12.1 Å². The van der Waals surface area contributed by atoms with Crippen molar-refractivity contribution in [1.29, 1.82) is 0 Å². The molecule has 3 rings (SSSR count). The van der Waals surface area contributed by atoms with Crippen LogP contribution in [0, 0.1) is 19.7 Å². The van der Waals surface area contributed by atoms with Crippen LogP contribution in [0.25, 0.3) is 5.78 Å². The Labute approximate surface area is 151 Å². The Hall–Kier alpha value is -3.04. The van der Waals surface area contributed by atoms with Crippen molar-refractivity contribution in [1.82, 2.24) is 19.6 Å². The summed E-state index contributed by atoms with van der Waals surface area (Å²) < 4.78 is 53.0. The number of carbonyl (C=O) groups excluding carboxylic acids is 1. The molecule has 0 bridgehead atoms. The van der Waals surface area contributed by atoms with Crippen LogP contribution in [-0.2, 0) is 17.4 Å². The number of nitrogens with zero attached hydrogens (tertiary/aromatic N) is 4. The number of halogens is 4. The highest BCUT2D eigenvalue weighted by Crippen LogP contribution is 2.27. The summed E-state index contributed by atoms with van der Waals surface area (Å²) in [6.07, 6.45) is -4.46. The minimum Gasteiger partial charge on any atom is -0.324 e. The molecular weight excluding hydrogens is 366 g/mol. The first kappa shape index (κ1) is 18.7. The minimum absolute atomic E-state index is 0.00399. The zero-order valence-corrected chi connectivity index (χ0v) is 14.4. The molecule has 0 saturated heterocycles. The van der Waals surface area contributed by atoms with E-state index in [1.807, 2.05) is 0 Å². The first-order chi connectivity index (χ1) is 12.7. The van der Waals surface area contributed by atoms with Gasteiger partial charge in [0, 0.05) is 17.8 Å². The zero-order chi connectivity index (χ0) is 19.8. The summed E-state index contributed by atoms with van der Waals surface area (Å²) in [6.45, 7) is 3.21. The second-order valence-corrected chi connectivity index (χ2v) is 5.93. The minimum atomic E-state index is -4.67. The van der Waals surface area contributed by atoms with Crippen LogP contribution in [0.15, 0.2) is 24.3 Å². The number of benzene rings is 1. The number of aryl methyl sites for hydroxylation is 2. The molecule has 0 spiro atoms. The third kappa shape index (κ3) is 3.88. The lowest BCUT2D eigenvalue weighted by molar-refractivity contribution is -0.144. The summed E-state index contributed by atoms with van der Waals surface area (Å²) in [7, 11) is 0. The molecule has 142 valence electrons. The Morgan fingerprint density at radius 1 is 1.19 bits per heavy atom. The molecule has 0 aliphatic carbocycles. The second-order valence-electron chi connectivity index (χ2n) is 5.93. The van der Waals surface area contributed by atoms with Crippen LogP contribution in [0.2, 0.25) is 0 Å². The molecule has 0 atom stereocenters. The largest absolute Gasteiger partial charge is 0.453 e. The fourth-order valence-electron chi connectivity index (χ4n) is 2.70. The number of anilines is 1. The van der Waals surface area contributed by atoms with Crippen LogP contribution < -0.4 is 5.32 Å². The molecule has 0 aliphatic heterocycles. The van der Waals surface area contributed by atoms with Crippen molar-refractivity contribution in [3.63, 3.8) is 0 Å². The molecule has 6 nitrogen and oxygen atoms in total. The van der Waals surface area contributed by atoms with Crippen LogP contribution in [0.4, 0.5) is 23.2 Å². The van der Waals surface area contributed by atoms with Crippen LogP contribution in [0.5, 0.6) is 0 Å². The zero-order valence-electron chi connectivity index (χ0n) is 14.4. The van der Waals surface area contributed by atoms with Gasteiger partial charge in [0.15, 0.2) is 0 Å². The van der Waals surface area contributed by atoms with Gasteiger partial charge in [0.1, 0.15) is 5.82 Å². The molecule has 1 amide bonds. The van der Waals surface area contributed by atoms with Crippen LogP contribution in [0.1, 0.15) is 29.2 Å². The molecule has 0 fully saturated rings. The lowest BCUT2D eigenvalue weighted by atomic mass is 10.1. The number of alkyl halides is 3. The fraction of sp³-hybridized carbons (Fsp3) is 0.294. The highest BCUT2D eigenvalue weighted by molar-refractivity contribution is 5.90. The monoisotopic (exact) mass is 381 g/mol. The summed E-state index contributed by atoms with van der Waals surface area (Å²) in [5, 5.41) is 5.92. The molecule has 2 aromatic heterocycles. The van der Waals surface area contributed by atoms with Crippen molar-refractivity contribution >= 4 is 17.4 Å². The molecule has 10 heteroatoms. The van der Waals surface area contributed by atoms with Gasteiger partial charge in [0.25, 0.3) is 11.6 Å². The number of carbonyl (C=O) groups is 1. The van der Waals surface area contributed by atoms with E-state index >= 15 is 0 Å². The first-order valence-electron chi connectivity index (χ1n) is 8.01. The van der Waals surface area contributed by atoms with Gasteiger partial charge in [-0.2, -0.15) is 18.2 Å². The molecule has 0 radical (unpaired) electrons. The van der Waals surface area contributed by atoms with Gasteiger partial charge >= 0.3 is 6.18 Å². The third-order valence-corrected chi connectivity index (χ3v) is 4.05. The van der Waals surface area contributed by atoms with Gasteiger partial charge in [-0.05, 0) is 38.0 Å². The van der Waals surface area contributed by atoms with E-state index in [9.17, 15) is 22.4 Å². The maximum absolute atomic E-state index is 13.6. The predicted octanol–water partition coefficient (Wildman–Crippen LogP) is 3.47. The summed E-state index contributed by atoms with van der Waals surface area (Å²) >= 11 is 0. The van der Waals surface area contributed by atoms with Gasteiger partial charge < -0.3 is 5.32 Å². The summed E-state index contributed by atoms with van der Waals surface area (Å²) in [6, 6.07) is 5.76. The smallest absolute Gasteiger partial charge is 0.324 e. The van der Waals surface area contributed by atoms with Crippen molar-refractivity contribution in [2.75, 3.05) is 5.32 Å². The van der Waals surface area contributed by atoms with Crippen LogP contribution in [0.3, 0.4) is 0 Å². The lowest BCUT2D eigenvalue weighted by Crippen LogP contribution is -2.15. The van der Waals surface area contributed by atoms with E-state index < -0.39 is 23.7 Å². The Morgan fingerprint density at radius 3 is 2.56 bits per heavy atom. The van der Waals surface area contributed by atoms with E-state index in [2.05, 4.69) is 20.4 Å². The lowest BCUT2D eigenvalue weighted by Gasteiger charge is -2.11. The Morgan fingerprint density at radius 2 is 1.89 bits per heavy atom. The predicted molar refractivity (Wildman–Crippen MR) is 88.6 cm³/mol. The SMILES string of the molecule is Cc1nc2nc(C(F)(F)F)nn2c(C)c1CCC(=O)Nc1ccccc1F. The maximum Gasteiger partial charge on any atom is 0.453 e. The fourth-order valence-corrected chi connectivity index (χ4v) is 2.70. The molecule has 0 aliphatic rings. The van der Waals surface area contributed by atoms with Gasteiger partial charge in [0.2, 0.25) is 5.91 Å². The van der Waals surface area contributed by atoms with E-state index in [4.69, 9.17) is 0 Å². The highest BCUT2D eigenvalue weighted by atomic mass is 19.4. The highest BCUT2D eigenvalue weighted by Gasteiger charge is 2.36. The molecule has 2 heterocycles. The summed E-state index contributed by atoms with van der Waals surface area (Å²) in [5.41, 5.74) is 1.53. The topological polar surface area (TPSA) is 72.2 Å². The van der Waals surface area contributed by atoms with Crippen molar-refractivity contribution in [3.8, 4) is 0 Å². The summed E-state index contributed by atoms with van der Waals surface area (Å²) in [5.74, 6) is -2.40.